The minimum Gasteiger partial charge on any atom is -0.430 e. The van der Waals surface area contributed by atoms with Gasteiger partial charge < -0.3 is 14.8 Å². The fourth-order valence-electron chi connectivity index (χ4n) is 4.68. The number of hydrogen-bond acceptors (Lipinski definition) is 7. The highest BCUT2D eigenvalue weighted by molar-refractivity contribution is 7.07. The average Bonchev–Trinajstić information content (AvgIpc) is 3.33. The SMILES string of the molecule is O=C(NC1CCCCC1)c1ccc(Oc2nc(Cc3ccccc3)ns2)c(CN2CCOCC2)c1. The molecule has 0 unspecified atom stereocenters. The largest absolute Gasteiger partial charge is 0.430 e. The maximum absolute atomic E-state index is 13.0. The summed E-state index contributed by atoms with van der Waals surface area (Å²) in [6, 6.07) is 16.2. The molecule has 2 aromatic carbocycles. The van der Waals surface area contributed by atoms with Crippen molar-refractivity contribution in [2.75, 3.05) is 26.3 Å². The number of nitrogens with zero attached hydrogens (tertiary/aromatic N) is 3. The van der Waals surface area contributed by atoms with Gasteiger partial charge in [0, 0.05) is 54.8 Å². The Bertz CT molecular complexity index is 1110. The zero-order valence-electron chi connectivity index (χ0n) is 19.9. The van der Waals surface area contributed by atoms with Crippen LogP contribution in [-0.2, 0) is 17.7 Å². The highest BCUT2D eigenvalue weighted by Crippen LogP contribution is 2.29. The van der Waals surface area contributed by atoms with Crippen molar-refractivity contribution in [1.29, 1.82) is 0 Å². The molecule has 1 amide bonds. The third-order valence-electron chi connectivity index (χ3n) is 6.61. The third kappa shape index (κ3) is 6.66. The summed E-state index contributed by atoms with van der Waals surface area (Å²) in [5.74, 6) is 1.45. The van der Waals surface area contributed by atoms with Gasteiger partial charge in [0.25, 0.3) is 11.1 Å². The van der Waals surface area contributed by atoms with Crippen LogP contribution in [0.1, 0.15) is 59.4 Å². The molecule has 7 nitrogen and oxygen atoms in total. The molecule has 184 valence electrons. The molecular weight excluding hydrogens is 460 g/mol. The molecule has 0 bridgehead atoms. The van der Waals surface area contributed by atoms with E-state index in [2.05, 4.69) is 31.7 Å². The van der Waals surface area contributed by atoms with Gasteiger partial charge in [-0.1, -0.05) is 49.6 Å². The van der Waals surface area contributed by atoms with Gasteiger partial charge in [0.05, 0.1) is 13.2 Å². The molecule has 0 spiro atoms. The molecule has 3 aromatic rings. The third-order valence-corrected chi connectivity index (χ3v) is 7.25. The van der Waals surface area contributed by atoms with E-state index in [0.717, 1.165) is 56.1 Å². The second-order valence-electron chi connectivity index (χ2n) is 9.26. The Morgan fingerprint density at radius 3 is 2.69 bits per heavy atom. The fourth-order valence-corrected chi connectivity index (χ4v) is 5.25. The predicted octanol–water partition coefficient (Wildman–Crippen LogP) is 4.82. The number of ether oxygens (including phenoxy) is 2. The van der Waals surface area contributed by atoms with E-state index in [1.165, 1.54) is 30.8 Å². The van der Waals surface area contributed by atoms with Crippen molar-refractivity contribution in [3.63, 3.8) is 0 Å². The maximum atomic E-state index is 13.0. The van der Waals surface area contributed by atoms with Crippen LogP contribution >= 0.6 is 11.5 Å². The normalized spacial score (nSPS) is 17.3. The van der Waals surface area contributed by atoms with Crippen LogP contribution in [-0.4, -0.2) is 52.5 Å². The first kappa shape index (κ1) is 23.9. The van der Waals surface area contributed by atoms with Crippen LogP contribution in [0, 0.1) is 0 Å². The van der Waals surface area contributed by atoms with Gasteiger partial charge in [0.2, 0.25) is 0 Å². The van der Waals surface area contributed by atoms with Crippen LogP contribution in [0.15, 0.2) is 48.5 Å². The minimum atomic E-state index is -0.00672. The zero-order valence-corrected chi connectivity index (χ0v) is 20.8. The van der Waals surface area contributed by atoms with Crippen LogP contribution in [0.3, 0.4) is 0 Å². The molecule has 2 fully saturated rings. The monoisotopic (exact) mass is 492 g/mol. The van der Waals surface area contributed by atoms with E-state index in [1.807, 2.05) is 36.4 Å². The molecule has 1 saturated heterocycles. The van der Waals surface area contributed by atoms with Gasteiger partial charge in [-0.15, -0.1) is 0 Å². The van der Waals surface area contributed by atoms with Crippen LogP contribution in [0.4, 0.5) is 0 Å². The minimum absolute atomic E-state index is 0.00672. The smallest absolute Gasteiger partial charge is 0.298 e. The van der Waals surface area contributed by atoms with E-state index < -0.39 is 0 Å². The van der Waals surface area contributed by atoms with Gasteiger partial charge in [-0.05, 0) is 36.6 Å². The Balaban J connectivity index is 1.32. The summed E-state index contributed by atoms with van der Waals surface area (Å²) in [4.78, 5) is 19.9. The van der Waals surface area contributed by atoms with Crippen LogP contribution < -0.4 is 10.1 Å². The Labute approximate surface area is 210 Å². The molecule has 35 heavy (non-hydrogen) atoms. The van der Waals surface area contributed by atoms with E-state index in [0.29, 0.717) is 29.5 Å². The van der Waals surface area contributed by atoms with Gasteiger partial charge >= 0.3 is 0 Å². The lowest BCUT2D eigenvalue weighted by Crippen LogP contribution is -2.37. The molecule has 1 aliphatic heterocycles. The van der Waals surface area contributed by atoms with Crippen molar-refractivity contribution in [2.45, 2.75) is 51.1 Å². The van der Waals surface area contributed by atoms with Gasteiger partial charge in [0.15, 0.2) is 5.82 Å². The summed E-state index contributed by atoms with van der Waals surface area (Å²) >= 11 is 1.26. The maximum Gasteiger partial charge on any atom is 0.298 e. The van der Waals surface area contributed by atoms with E-state index in [9.17, 15) is 4.79 Å². The van der Waals surface area contributed by atoms with Crippen molar-refractivity contribution < 1.29 is 14.3 Å². The summed E-state index contributed by atoms with van der Waals surface area (Å²) in [5, 5.41) is 3.74. The van der Waals surface area contributed by atoms with Crippen LogP contribution in [0.5, 0.6) is 10.9 Å². The number of hydrogen-bond donors (Lipinski definition) is 1. The molecule has 8 heteroatoms. The number of nitrogens with one attached hydrogen (secondary N) is 1. The quantitative estimate of drug-likeness (QED) is 0.486. The van der Waals surface area contributed by atoms with Crippen LogP contribution in [0.2, 0.25) is 0 Å². The number of morpholine rings is 1. The van der Waals surface area contributed by atoms with Crippen molar-refractivity contribution >= 4 is 17.4 Å². The van der Waals surface area contributed by atoms with Crippen molar-refractivity contribution in [2.24, 2.45) is 0 Å². The number of amides is 1. The van der Waals surface area contributed by atoms with Gasteiger partial charge in [-0.3, -0.25) is 9.69 Å². The zero-order chi connectivity index (χ0) is 23.9. The van der Waals surface area contributed by atoms with E-state index in [4.69, 9.17) is 9.47 Å². The topological polar surface area (TPSA) is 76.6 Å². The summed E-state index contributed by atoms with van der Waals surface area (Å²) in [6.45, 7) is 3.85. The van der Waals surface area contributed by atoms with Crippen molar-refractivity contribution in [1.82, 2.24) is 19.6 Å². The molecule has 0 radical (unpaired) electrons. The van der Waals surface area contributed by atoms with E-state index in [1.54, 1.807) is 0 Å². The molecule has 5 rings (SSSR count). The van der Waals surface area contributed by atoms with Crippen molar-refractivity contribution in [3.8, 4) is 10.9 Å². The Kier molecular flexibility index (Phi) is 8.03. The first-order valence-electron chi connectivity index (χ1n) is 12.5. The first-order chi connectivity index (χ1) is 17.2. The Morgan fingerprint density at radius 2 is 1.89 bits per heavy atom. The molecule has 2 heterocycles. The molecule has 1 aromatic heterocycles. The van der Waals surface area contributed by atoms with Gasteiger partial charge in [-0.2, -0.15) is 9.36 Å². The molecule has 1 N–H and O–H groups in total. The molecule has 1 saturated carbocycles. The highest BCUT2D eigenvalue weighted by Gasteiger charge is 2.20. The van der Waals surface area contributed by atoms with E-state index >= 15 is 0 Å². The average molecular weight is 493 g/mol. The number of benzene rings is 2. The van der Waals surface area contributed by atoms with Gasteiger partial charge in [0.1, 0.15) is 5.75 Å². The lowest BCUT2D eigenvalue weighted by Gasteiger charge is -2.27. The molecule has 0 atom stereocenters. The Hall–Kier alpha value is -2.81. The van der Waals surface area contributed by atoms with Crippen molar-refractivity contribution in [3.05, 3.63) is 71.0 Å². The van der Waals surface area contributed by atoms with Gasteiger partial charge in [-0.25, -0.2) is 0 Å². The second-order valence-corrected chi connectivity index (χ2v) is 9.97. The Morgan fingerprint density at radius 1 is 1.09 bits per heavy atom. The summed E-state index contributed by atoms with van der Waals surface area (Å²) < 4.78 is 16.2. The summed E-state index contributed by atoms with van der Waals surface area (Å²) in [5.41, 5.74) is 2.81. The number of carbonyl (C=O) groups excluding carboxylic acids is 1. The molecule has 2 aliphatic rings. The highest BCUT2D eigenvalue weighted by atomic mass is 32.1. The fraction of sp³-hybridized carbons (Fsp3) is 0.444. The van der Waals surface area contributed by atoms with Crippen LogP contribution in [0.25, 0.3) is 0 Å². The standard InChI is InChI=1S/C27H32N4O3S/c32-26(28-23-9-5-2-6-10-23)21-11-12-24(22(18-21)19-31-13-15-33-16-14-31)34-27-29-25(30-35-27)17-20-7-3-1-4-8-20/h1,3-4,7-8,11-12,18,23H,2,5-6,9-10,13-17,19H2,(H,28,32). The lowest BCUT2D eigenvalue weighted by molar-refractivity contribution is 0.0339. The van der Waals surface area contributed by atoms with E-state index in [-0.39, 0.29) is 11.9 Å². The predicted molar refractivity (Wildman–Crippen MR) is 136 cm³/mol. The second kappa shape index (κ2) is 11.7. The summed E-state index contributed by atoms with van der Waals surface area (Å²) in [7, 11) is 0. The first-order valence-corrected chi connectivity index (χ1v) is 13.3. The molecule has 1 aliphatic carbocycles. The number of carbonyl (C=O) groups is 1. The lowest BCUT2D eigenvalue weighted by atomic mass is 9.95. The number of rotatable bonds is 8. The number of aromatic nitrogens is 2. The molecular formula is C27H32N4O3S. The summed E-state index contributed by atoms with van der Waals surface area (Å²) in [6.07, 6.45) is 6.44.